The molecule has 0 aliphatic heterocycles. The molecule has 0 atom stereocenters. The molecule has 1 heteroatoms. The molecule has 0 radical (unpaired) electrons. The van der Waals surface area contributed by atoms with Crippen molar-refractivity contribution in [2.45, 2.75) is 26.2 Å². The topological polar surface area (TPSA) is 20.2 Å². The van der Waals surface area contributed by atoms with Crippen molar-refractivity contribution in [2.75, 3.05) is 0 Å². The highest BCUT2D eigenvalue weighted by atomic mass is 16.3. The predicted molar refractivity (Wildman–Crippen MR) is 80.3 cm³/mol. The van der Waals surface area contributed by atoms with E-state index >= 15 is 0 Å². The summed E-state index contributed by atoms with van der Waals surface area (Å²) in [6.45, 7) is 2.18. The van der Waals surface area contributed by atoms with E-state index in [0.717, 1.165) is 19.3 Å². The van der Waals surface area contributed by atoms with Crippen molar-refractivity contribution in [1.82, 2.24) is 0 Å². The Labute approximate surface area is 115 Å². The highest BCUT2D eigenvalue weighted by Gasteiger charge is 1.96. The molecule has 0 bridgehead atoms. The summed E-state index contributed by atoms with van der Waals surface area (Å²) in [7, 11) is 0. The zero-order chi connectivity index (χ0) is 13.5. The first kappa shape index (κ1) is 13.4. The molecule has 2 aromatic rings. The Hall–Kier alpha value is -2.02. The predicted octanol–water partition coefficient (Wildman–Crippen LogP) is 4.51. The average molecular weight is 252 g/mol. The van der Waals surface area contributed by atoms with Crippen LogP contribution in [0.2, 0.25) is 0 Å². The van der Waals surface area contributed by atoms with E-state index in [2.05, 4.69) is 37.3 Å². The number of hydrogen-bond donors (Lipinski definition) is 1. The summed E-state index contributed by atoms with van der Waals surface area (Å²) in [5.41, 5.74) is 4.04. The smallest absolute Gasteiger partial charge is 0.115 e. The van der Waals surface area contributed by atoms with E-state index in [4.69, 9.17) is 0 Å². The fourth-order valence-corrected chi connectivity index (χ4v) is 2.01. The van der Waals surface area contributed by atoms with Crippen LogP contribution in [0.4, 0.5) is 0 Å². The van der Waals surface area contributed by atoms with Gasteiger partial charge in [0.1, 0.15) is 5.75 Å². The zero-order valence-electron chi connectivity index (χ0n) is 11.3. The molecule has 0 aliphatic rings. The minimum Gasteiger partial charge on any atom is -0.508 e. The third-order valence-corrected chi connectivity index (χ3v) is 3.27. The Morgan fingerprint density at radius 2 is 1.63 bits per heavy atom. The molecule has 98 valence electrons. The number of aromatic hydroxyl groups is 1. The molecule has 1 N–H and O–H groups in total. The summed E-state index contributed by atoms with van der Waals surface area (Å²) in [5, 5.41) is 9.23. The number of aryl methyl sites for hydroxylation is 1. The molecule has 0 aliphatic carbocycles. The van der Waals surface area contributed by atoms with Crippen LogP contribution in [-0.4, -0.2) is 5.11 Å². The van der Waals surface area contributed by atoms with Gasteiger partial charge in [0.25, 0.3) is 0 Å². The molecule has 0 amide bonds. The van der Waals surface area contributed by atoms with E-state index in [1.807, 2.05) is 18.2 Å². The van der Waals surface area contributed by atoms with Crippen LogP contribution in [0.15, 0.2) is 66.2 Å². The lowest BCUT2D eigenvalue weighted by atomic mass is 10.0. The molecule has 0 saturated heterocycles. The highest BCUT2D eigenvalue weighted by molar-refractivity contribution is 5.26. The number of benzene rings is 2. The molecule has 19 heavy (non-hydrogen) atoms. The Morgan fingerprint density at radius 1 is 0.947 bits per heavy atom. The second-order valence-corrected chi connectivity index (χ2v) is 4.91. The minimum atomic E-state index is 0.333. The molecule has 2 aromatic carbocycles. The van der Waals surface area contributed by atoms with E-state index in [-0.39, 0.29) is 0 Å². The van der Waals surface area contributed by atoms with E-state index < -0.39 is 0 Å². The van der Waals surface area contributed by atoms with Crippen LogP contribution in [-0.2, 0) is 12.8 Å². The molecular formula is C18H20O. The second-order valence-electron chi connectivity index (χ2n) is 4.91. The van der Waals surface area contributed by atoms with Crippen molar-refractivity contribution in [2.24, 2.45) is 0 Å². The van der Waals surface area contributed by atoms with Crippen molar-refractivity contribution in [3.63, 3.8) is 0 Å². The average Bonchev–Trinajstić information content (AvgIpc) is 2.45. The van der Waals surface area contributed by atoms with Crippen LogP contribution >= 0.6 is 0 Å². The summed E-state index contributed by atoms with van der Waals surface area (Å²) >= 11 is 0. The van der Waals surface area contributed by atoms with Gasteiger partial charge in [-0.3, -0.25) is 0 Å². The van der Waals surface area contributed by atoms with E-state index in [1.54, 1.807) is 12.1 Å². The number of phenols is 1. The van der Waals surface area contributed by atoms with Gasteiger partial charge in [0, 0.05) is 0 Å². The SMILES string of the molecule is C/C(=C\Cc1ccccc1)CCc1ccc(O)cc1. The number of rotatable bonds is 5. The third-order valence-electron chi connectivity index (χ3n) is 3.27. The second kappa shape index (κ2) is 6.79. The molecule has 2 rings (SSSR count). The Kier molecular flexibility index (Phi) is 4.79. The summed E-state index contributed by atoms with van der Waals surface area (Å²) in [6, 6.07) is 18.0. The van der Waals surface area contributed by atoms with Crippen molar-refractivity contribution >= 4 is 0 Å². The van der Waals surface area contributed by atoms with Crippen LogP contribution < -0.4 is 0 Å². The van der Waals surface area contributed by atoms with Crippen molar-refractivity contribution in [1.29, 1.82) is 0 Å². The summed E-state index contributed by atoms with van der Waals surface area (Å²) in [6.07, 6.45) is 5.40. The van der Waals surface area contributed by atoms with Gasteiger partial charge in [0.15, 0.2) is 0 Å². The van der Waals surface area contributed by atoms with Gasteiger partial charge >= 0.3 is 0 Å². The standard InChI is InChI=1S/C18H20O/c1-15(7-9-16-5-3-2-4-6-16)8-10-17-11-13-18(19)14-12-17/h2-7,11-14,19H,8-10H2,1H3/b15-7+. The van der Waals surface area contributed by atoms with Gasteiger partial charge in [0.05, 0.1) is 0 Å². The molecular weight excluding hydrogens is 232 g/mol. The van der Waals surface area contributed by atoms with Crippen LogP contribution in [0.5, 0.6) is 5.75 Å². The van der Waals surface area contributed by atoms with Gasteiger partial charge in [-0.05, 0) is 49.4 Å². The van der Waals surface area contributed by atoms with E-state index in [9.17, 15) is 5.11 Å². The van der Waals surface area contributed by atoms with Crippen LogP contribution in [0.25, 0.3) is 0 Å². The lowest BCUT2D eigenvalue weighted by Crippen LogP contribution is -1.88. The molecule has 0 aromatic heterocycles. The fraction of sp³-hybridized carbons (Fsp3) is 0.222. The van der Waals surface area contributed by atoms with Crippen molar-refractivity contribution < 1.29 is 5.11 Å². The molecule has 0 spiro atoms. The normalized spacial score (nSPS) is 11.5. The Bertz CT molecular complexity index is 523. The first-order valence-corrected chi connectivity index (χ1v) is 6.71. The number of phenolic OH excluding ortho intramolecular Hbond substituents is 1. The third kappa shape index (κ3) is 4.63. The van der Waals surface area contributed by atoms with Gasteiger partial charge in [0.2, 0.25) is 0 Å². The van der Waals surface area contributed by atoms with Crippen molar-refractivity contribution in [3.05, 3.63) is 77.4 Å². The lowest BCUT2D eigenvalue weighted by Gasteiger charge is -2.03. The van der Waals surface area contributed by atoms with E-state index in [0.29, 0.717) is 5.75 Å². The fourth-order valence-electron chi connectivity index (χ4n) is 2.01. The number of hydrogen-bond acceptors (Lipinski definition) is 1. The number of allylic oxidation sites excluding steroid dienone is 2. The first-order chi connectivity index (χ1) is 9.24. The lowest BCUT2D eigenvalue weighted by molar-refractivity contribution is 0.475. The monoisotopic (exact) mass is 252 g/mol. The summed E-state index contributed by atoms with van der Waals surface area (Å²) in [5.74, 6) is 0.333. The Balaban J connectivity index is 1.84. The van der Waals surface area contributed by atoms with Gasteiger partial charge in [-0.1, -0.05) is 54.1 Å². The van der Waals surface area contributed by atoms with Crippen LogP contribution in [0.1, 0.15) is 24.5 Å². The van der Waals surface area contributed by atoms with Gasteiger partial charge in [-0.25, -0.2) is 0 Å². The van der Waals surface area contributed by atoms with Gasteiger partial charge in [-0.15, -0.1) is 0 Å². The maximum absolute atomic E-state index is 9.23. The quantitative estimate of drug-likeness (QED) is 0.776. The molecule has 0 heterocycles. The molecule has 0 saturated carbocycles. The highest BCUT2D eigenvalue weighted by Crippen LogP contribution is 2.14. The Morgan fingerprint density at radius 3 is 2.32 bits per heavy atom. The minimum absolute atomic E-state index is 0.333. The first-order valence-electron chi connectivity index (χ1n) is 6.71. The van der Waals surface area contributed by atoms with Crippen LogP contribution in [0.3, 0.4) is 0 Å². The molecule has 0 fully saturated rings. The van der Waals surface area contributed by atoms with Gasteiger partial charge in [-0.2, -0.15) is 0 Å². The summed E-state index contributed by atoms with van der Waals surface area (Å²) in [4.78, 5) is 0. The molecule has 1 nitrogen and oxygen atoms in total. The van der Waals surface area contributed by atoms with Crippen molar-refractivity contribution in [3.8, 4) is 5.75 Å². The zero-order valence-corrected chi connectivity index (χ0v) is 11.3. The van der Waals surface area contributed by atoms with E-state index in [1.165, 1.54) is 16.7 Å². The molecule has 0 unspecified atom stereocenters. The maximum Gasteiger partial charge on any atom is 0.115 e. The van der Waals surface area contributed by atoms with Crippen LogP contribution in [0, 0.1) is 0 Å². The maximum atomic E-state index is 9.23. The largest absolute Gasteiger partial charge is 0.508 e. The van der Waals surface area contributed by atoms with Gasteiger partial charge < -0.3 is 5.11 Å². The summed E-state index contributed by atoms with van der Waals surface area (Å²) < 4.78 is 0.